The van der Waals surface area contributed by atoms with Crippen molar-refractivity contribution >= 4 is 35.8 Å². The molecule has 0 aromatic heterocycles. The molecule has 1 saturated heterocycles. The second kappa shape index (κ2) is 9.86. The van der Waals surface area contributed by atoms with Crippen molar-refractivity contribution in [3.05, 3.63) is 35.4 Å². The average Bonchev–Trinajstić information content (AvgIpc) is 2.56. The minimum Gasteiger partial charge on any atom is -0.352 e. The van der Waals surface area contributed by atoms with Gasteiger partial charge < -0.3 is 15.1 Å². The summed E-state index contributed by atoms with van der Waals surface area (Å²) in [5.41, 5.74) is 1.86. The number of amides is 1. The summed E-state index contributed by atoms with van der Waals surface area (Å²) in [6, 6.07) is 7.75. The lowest BCUT2D eigenvalue weighted by molar-refractivity contribution is 0.0827. The topological polar surface area (TPSA) is 47.9 Å². The molecule has 1 heterocycles. The van der Waals surface area contributed by atoms with Crippen molar-refractivity contribution < 1.29 is 4.79 Å². The summed E-state index contributed by atoms with van der Waals surface area (Å²) in [7, 11) is 5.36. The minimum absolute atomic E-state index is 0. The zero-order valence-corrected chi connectivity index (χ0v) is 17.4. The van der Waals surface area contributed by atoms with Crippen molar-refractivity contribution in [1.29, 1.82) is 0 Å². The molecule has 0 unspecified atom stereocenters. The number of likely N-dealkylation sites (tertiary alicyclic amines) is 1. The van der Waals surface area contributed by atoms with Crippen LogP contribution >= 0.6 is 24.0 Å². The van der Waals surface area contributed by atoms with Gasteiger partial charge in [-0.15, -0.1) is 24.0 Å². The number of halogens is 1. The van der Waals surface area contributed by atoms with Gasteiger partial charge in [-0.3, -0.25) is 9.79 Å². The Morgan fingerprint density at radius 2 is 1.83 bits per heavy atom. The van der Waals surface area contributed by atoms with Crippen molar-refractivity contribution in [3.8, 4) is 0 Å². The number of hydrogen-bond acceptors (Lipinski definition) is 2. The number of nitrogens with zero attached hydrogens (tertiary/aromatic N) is 3. The lowest BCUT2D eigenvalue weighted by atomic mass is 9.99. The maximum absolute atomic E-state index is 11.9. The molecule has 5 nitrogen and oxygen atoms in total. The monoisotopic (exact) mass is 444 g/mol. The van der Waals surface area contributed by atoms with Gasteiger partial charge in [0.25, 0.3) is 5.91 Å². The summed E-state index contributed by atoms with van der Waals surface area (Å²) in [4.78, 5) is 20.2. The Hall–Kier alpha value is -1.31. The quantitative estimate of drug-likeness (QED) is 0.443. The van der Waals surface area contributed by atoms with Gasteiger partial charge in [0, 0.05) is 46.3 Å². The first-order valence-electron chi connectivity index (χ1n) is 8.27. The molecule has 1 aliphatic rings. The predicted molar refractivity (Wildman–Crippen MR) is 110 cm³/mol. The summed E-state index contributed by atoms with van der Waals surface area (Å²) in [6.45, 7) is 5.16. The standard InChI is InChI=1S/C18H28N4O.HI/c1-14-9-11-22(12-10-14)18(19-2)20-13-15-5-7-16(8-6-15)17(23)21(3)4;/h5-8,14H,9-13H2,1-4H3,(H,19,20);1H. The second-order valence-corrected chi connectivity index (χ2v) is 6.47. The first-order valence-corrected chi connectivity index (χ1v) is 8.27. The summed E-state index contributed by atoms with van der Waals surface area (Å²) < 4.78 is 0. The normalized spacial score (nSPS) is 15.7. The van der Waals surface area contributed by atoms with E-state index in [4.69, 9.17) is 0 Å². The Morgan fingerprint density at radius 3 is 2.33 bits per heavy atom. The Balaban J connectivity index is 0.00000288. The zero-order chi connectivity index (χ0) is 16.8. The molecule has 6 heteroatoms. The molecule has 0 spiro atoms. The van der Waals surface area contributed by atoms with Crippen LogP contribution in [0.2, 0.25) is 0 Å². The maximum atomic E-state index is 11.9. The van der Waals surface area contributed by atoms with Crippen molar-refractivity contribution in [2.45, 2.75) is 26.3 Å². The highest BCUT2D eigenvalue weighted by atomic mass is 127. The van der Waals surface area contributed by atoms with Crippen LogP contribution in [0.5, 0.6) is 0 Å². The Bertz CT molecular complexity index is 549. The van der Waals surface area contributed by atoms with E-state index in [0.29, 0.717) is 5.56 Å². The van der Waals surface area contributed by atoms with Crippen LogP contribution in [-0.4, -0.2) is 55.9 Å². The van der Waals surface area contributed by atoms with Crippen LogP contribution in [0, 0.1) is 5.92 Å². The predicted octanol–water partition coefficient (Wildman–Crippen LogP) is 2.81. The number of piperidine rings is 1. The van der Waals surface area contributed by atoms with E-state index in [1.165, 1.54) is 12.8 Å². The van der Waals surface area contributed by atoms with Crippen molar-refractivity contribution in [1.82, 2.24) is 15.1 Å². The van der Waals surface area contributed by atoms with Gasteiger partial charge in [-0.1, -0.05) is 19.1 Å². The molecule has 1 aromatic carbocycles. The first-order chi connectivity index (χ1) is 11.0. The van der Waals surface area contributed by atoms with E-state index in [-0.39, 0.29) is 29.9 Å². The molecule has 0 saturated carbocycles. The highest BCUT2D eigenvalue weighted by Gasteiger charge is 2.18. The number of benzene rings is 1. The number of hydrogen-bond donors (Lipinski definition) is 1. The van der Waals surface area contributed by atoms with Crippen molar-refractivity contribution in [2.75, 3.05) is 34.2 Å². The molecule has 0 atom stereocenters. The molecule has 2 rings (SSSR count). The Morgan fingerprint density at radius 1 is 1.25 bits per heavy atom. The lowest BCUT2D eigenvalue weighted by Gasteiger charge is -2.32. The fourth-order valence-corrected chi connectivity index (χ4v) is 2.76. The molecular weight excluding hydrogens is 415 g/mol. The Kier molecular flexibility index (Phi) is 8.52. The zero-order valence-electron chi connectivity index (χ0n) is 15.1. The maximum Gasteiger partial charge on any atom is 0.253 e. The number of carbonyl (C=O) groups is 1. The van der Waals surface area contributed by atoms with E-state index in [1.54, 1.807) is 19.0 Å². The first kappa shape index (κ1) is 20.7. The van der Waals surface area contributed by atoms with Crippen LogP contribution in [0.3, 0.4) is 0 Å². The third kappa shape index (κ3) is 5.65. The van der Waals surface area contributed by atoms with Crippen LogP contribution in [0.15, 0.2) is 29.3 Å². The summed E-state index contributed by atoms with van der Waals surface area (Å²) >= 11 is 0. The SMILES string of the molecule is CN=C(NCc1ccc(C(=O)N(C)C)cc1)N1CCC(C)CC1.I. The van der Waals surface area contributed by atoms with E-state index >= 15 is 0 Å². The summed E-state index contributed by atoms with van der Waals surface area (Å²) in [6.07, 6.45) is 2.45. The third-order valence-corrected chi connectivity index (χ3v) is 4.35. The van der Waals surface area contributed by atoms with E-state index in [2.05, 4.69) is 22.1 Å². The van der Waals surface area contributed by atoms with Gasteiger partial charge in [0.1, 0.15) is 0 Å². The van der Waals surface area contributed by atoms with Crippen LogP contribution in [0.25, 0.3) is 0 Å². The number of aliphatic imine (C=N–C) groups is 1. The van der Waals surface area contributed by atoms with E-state index < -0.39 is 0 Å². The van der Waals surface area contributed by atoms with Crippen LogP contribution in [-0.2, 0) is 6.54 Å². The largest absolute Gasteiger partial charge is 0.352 e. The van der Waals surface area contributed by atoms with Crippen LogP contribution < -0.4 is 5.32 Å². The van der Waals surface area contributed by atoms with Crippen LogP contribution in [0.4, 0.5) is 0 Å². The minimum atomic E-state index is 0. The second-order valence-electron chi connectivity index (χ2n) is 6.47. The van der Waals surface area contributed by atoms with Gasteiger partial charge in [0.2, 0.25) is 0 Å². The van der Waals surface area contributed by atoms with Gasteiger partial charge in [0.15, 0.2) is 5.96 Å². The van der Waals surface area contributed by atoms with Gasteiger partial charge >= 0.3 is 0 Å². The van der Waals surface area contributed by atoms with Gasteiger partial charge in [-0.25, -0.2) is 0 Å². The molecule has 1 N–H and O–H groups in total. The molecule has 1 fully saturated rings. The van der Waals surface area contributed by atoms with Gasteiger partial charge in [-0.05, 0) is 36.5 Å². The number of guanidine groups is 1. The molecule has 0 radical (unpaired) electrons. The van der Waals surface area contributed by atoms with E-state index in [0.717, 1.165) is 37.1 Å². The molecule has 0 aliphatic carbocycles. The molecular formula is C18H29IN4O. The summed E-state index contributed by atoms with van der Waals surface area (Å²) in [5.74, 6) is 1.80. The molecule has 1 amide bonds. The summed E-state index contributed by atoms with van der Waals surface area (Å²) in [5, 5.41) is 3.42. The van der Waals surface area contributed by atoms with Crippen LogP contribution in [0.1, 0.15) is 35.7 Å². The highest BCUT2D eigenvalue weighted by molar-refractivity contribution is 14.0. The fourth-order valence-electron chi connectivity index (χ4n) is 2.76. The number of carbonyl (C=O) groups excluding carboxylic acids is 1. The molecule has 1 aliphatic heterocycles. The van der Waals surface area contributed by atoms with Crippen molar-refractivity contribution in [3.63, 3.8) is 0 Å². The average molecular weight is 444 g/mol. The molecule has 134 valence electrons. The number of rotatable bonds is 3. The third-order valence-electron chi connectivity index (χ3n) is 4.35. The lowest BCUT2D eigenvalue weighted by Crippen LogP contribution is -2.45. The smallest absolute Gasteiger partial charge is 0.253 e. The molecule has 0 bridgehead atoms. The van der Waals surface area contributed by atoms with E-state index in [9.17, 15) is 4.79 Å². The van der Waals surface area contributed by atoms with Gasteiger partial charge in [0.05, 0.1) is 0 Å². The number of nitrogens with one attached hydrogen (secondary N) is 1. The highest BCUT2D eigenvalue weighted by Crippen LogP contribution is 2.16. The fraction of sp³-hybridized carbons (Fsp3) is 0.556. The Labute approximate surface area is 162 Å². The molecule has 1 aromatic rings. The van der Waals surface area contributed by atoms with E-state index in [1.807, 2.05) is 31.3 Å². The molecule has 24 heavy (non-hydrogen) atoms. The van der Waals surface area contributed by atoms with Crippen molar-refractivity contribution in [2.24, 2.45) is 10.9 Å². The van der Waals surface area contributed by atoms with Gasteiger partial charge in [-0.2, -0.15) is 0 Å².